The third-order valence-corrected chi connectivity index (χ3v) is 7.46. The van der Waals surface area contributed by atoms with E-state index in [0.717, 1.165) is 33.8 Å². The summed E-state index contributed by atoms with van der Waals surface area (Å²) in [6.45, 7) is 1.97. The summed E-state index contributed by atoms with van der Waals surface area (Å²) in [5.74, 6) is -1.02. The van der Waals surface area contributed by atoms with Crippen molar-refractivity contribution >= 4 is 52.5 Å². The van der Waals surface area contributed by atoms with E-state index in [1.165, 1.54) is 4.90 Å². The Balaban J connectivity index is 1.59. The predicted molar refractivity (Wildman–Crippen MR) is 169 cm³/mol. The number of halogens is 1. The van der Waals surface area contributed by atoms with Gasteiger partial charge in [-0.25, -0.2) is 0 Å². The average Bonchev–Trinajstić information content (AvgIpc) is 3.36. The molecule has 0 atom stereocenters. The molecular weight excluding hydrogens is 550 g/mol. The van der Waals surface area contributed by atoms with Crippen LogP contribution in [0.5, 0.6) is 0 Å². The van der Waals surface area contributed by atoms with Crippen LogP contribution in [0.1, 0.15) is 11.1 Å². The highest BCUT2D eigenvalue weighted by Crippen LogP contribution is 2.38. The van der Waals surface area contributed by atoms with Crippen molar-refractivity contribution in [2.24, 2.45) is 0 Å². The molecular formula is C34H24ClN3O2S. The van der Waals surface area contributed by atoms with E-state index < -0.39 is 11.8 Å². The van der Waals surface area contributed by atoms with Gasteiger partial charge in [0.2, 0.25) is 0 Å². The molecule has 1 aliphatic rings. The normalized spacial score (nSPS) is 14.4. The number of carbonyl (C=O) groups excluding carboxylic acids is 2. The van der Waals surface area contributed by atoms with Gasteiger partial charge in [-0.3, -0.25) is 19.8 Å². The van der Waals surface area contributed by atoms with Crippen LogP contribution < -0.4 is 10.2 Å². The molecule has 0 bridgehead atoms. The highest BCUT2D eigenvalue weighted by atomic mass is 35.5. The van der Waals surface area contributed by atoms with Crippen LogP contribution in [0.4, 0.5) is 5.69 Å². The molecule has 200 valence electrons. The monoisotopic (exact) mass is 573 g/mol. The molecule has 1 fully saturated rings. The minimum absolute atomic E-state index is 0.00998. The lowest BCUT2D eigenvalue weighted by Gasteiger charge is -2.29. The molecule has 4 aromatic carbocycles. The Kier molecular flexibility index (Phi) is 7.10. The maximum Gasteiger partial charge on any atom is 0.270 e. The molecule has 1 aromatic heterocycles. The molecule has 41 heavy (non-hydrogen) atoms. The molecule has 0 aliphatic carbocycles. The number of nitrogens with one attached hydrogen (secondary N) is 1. The van der Waals surface area contributed by atoms with Crippen LogP contribution in [-0.4, -0.2) is 21.5 Å². The van der Waals surface area contributed by atoms with Gasteiger partial charge in [0.1, 0.15) is 5.57 Å². The first-order valence-corrected chi connectivity index (χ1v) is 13.8. The minimum Gasteiger partial charge on any atom is -0.309 e. The lowest BCUT2D eigenvalue weighted by atomic mass is 10.0. The van der Waals surface area contributed by atoms with Crippen molar-refractivity contribution in [2.45, 2.75) is 6.92 Å². The quantitative estimate of drug-likeness (QED) is 0.134. The van der Waals surface area contributed by atoms with E-state index in [2.05, 4.69) is 9.88 Å². The van der Waals surface area contributed by atoms with Crippen LogP contribution >= 0.6 is 23.8 Å². The van der Waals surface area contributed by atoms with Gasteiger partial charge in [-0.1, -0.05) is 90.0 Å². The summed E-state index contributed by atoms with van der Waals surface area (Å²) in [6, 6.07) is 36.9. The van der Waals surface area contributed by atoms with Gasteiger partial charge in [0.05, 0.1) is 17.1 Å². The molecule has 0 saturated carbocycles. The van der Waals surface area contributed by atoms with Crippen molar-refractivity contribution in [3.8, 4) is 28.2 Å². The van der Waals surface area contributed by atoms with Crippen molar-refractivity contribution in [1.29, 1.82) is 0 Å². The number of hydrogen-bond acceptors (Lipinski definition) is 3. The fraction of sp³-hybridized carbons (Fsp3) is 0.0294. The number of nitrogens with zero attached hydrogens (tertiary/aromatic N) is 2. The lowest BCUT2D eigenvalue weighted by molar-refractivity contribution is -0.122. The standard InChI is InChI=1S/C34H24ClN3O2S/c1-22-12-16-28(17-13-22)38-33(40)29(32(39)36-34(38)41)20-25-21-30(23-8-4-2-5-9-23)37(27-18-14-26(35)15-19-27)31(25)24-10-6-3-7-11-24/h2-21H,1H3,(H,36,39,41)/b29-20+. The third-order valence-electron chi connectivity index (χ3n) is 6.93. The summed E-state index contributed by atoms with van der Waals surface area (Å²) < 4.78 is 2.13. The first-order chi connectivity index (χ1) is 19.9. The van der Waals surface area contributed by atoms with E-state index in [0.29, 0.717) is 16.3 Å². The van der Waals surface area contributed by atoms with E-state index in [1.54, 1.807) is 6.08 Å². The number of benzene rings is 4. The van der Waals surface area contributed by atoms with Crippen molar-refractivity contribution in [3.63, 3.8) is 0 Å². The number of hydrogen-bond donors (Lipinski definition) is 1. The van der Waals surface area contributed by atoms with Gasteiger partial charge in [-0.2, -0.15) is 0 Å². The second-order valence-corrected chi connectivity index (χ2v) is 10.5. The molecule has 5 aromatic rings. The Bertz CT molecular complexity index is 1810. The van der Waals surface area contributed by atoms with Crippen molar-refractivity contribution in [1.82, 2.24) is 9.88 Å². The molecule has 7 heteroatoms. The fourth-order valence-electron chi connectivity index (χ4n) is 4.95. The van der Waals surface area contributed by atoms with E-state index in [9.17, 15) is 9.59 Å². The first kappa shape index (κ1) is 26.4. The maximum absolute atomic E-state index is 13.8. The molecule has 1 aliphatic heterocycles. The summed E-state index contributed by atoms with van der Waals surface area (Å²) in [5, 5.41) is 3.38. The van der Waals surface area contributed by atoms with Gasteiger partial charge < -0.3 is 4.57 Å². The number of thiocarbonyl (C=S) groups is 1. The molecule has 0 radical (unpaired) electrons. The van der Waals surface area contributed by atoms with E-state index in [-0.39, 0.29) is 10.7 Å². The van der Waals surface area contributed by atoms with Crippen LogP contribution in [0.25, 0.3) is 34.3 Å². The van der Waals surface area contributed by atoms with E-state index in [1.807, 2.05) is 122 Å². The number of aryl methyl sites for hydroxylation is 1. The van der Waals surface area contributed by atoms with E-state index in [4.69, 9.17) is 23.8 Å². The third kappa shape index (κ3) is 5.11. The smallest absolute Gasteiger partial charge is 0.270 e. The zero-order valence-corrected chi connectivity index (χ0v) is 23.6. The van der Waals surface area contributed by atoms with Crippen molar-refractivity contribution in [3.05, 3.63) is 137 Å². The second kappa shape index (κ2) is 11.0. The summed E-state index contributed by atoms with van der Waals surface area (Å²) in [7, 11) is 0. The lowest BCUT2D eigenvalue weighted by Crippen LogP contribution is -2.54. The van der Waals surface area contributed by atoms with Gasteiger partial charge in [0.15, 0.2) is 5.11 Å². The van der Waals surface area contributed by atoms with E-state index >= 15 is 0 Å². The summed E-state index contributed by atoms with van der Waals surface area (Å²) in [6.07, 6.45) is 1.65. The molecule has 0 unspecified atom stereocenters. The van der Waals surface area contributed by atoms with Gasteiger partial charge in [0, 0.05) is 16.3 Å². The molecule has 6 rings (SSSR count). The fourth-order valence-corrected chi connectivity index (χ4v) is 5.36. The van der Waals surface area contributed by atoms with Gasteiger partial charge in [-0.15, -0.1) is 0 Å². The Morgan fingerprint density at radius 3 is 1.98 bits per heavy atom. The number of carbonyl (C=O) groups is 2. The molecule has 2 amide bonds. The Morgan fingerprint density at radius 2 is 1.34 bits per heavy atom. The zero-order chi connectivity index (χ0) is 28.5. The Hall–Kier alpha value is -4.78. The van der Waals surface area contributed by atoms with Crippen LogP contribution in [0, 0.1) is 6.92 Å². The van der Waals surface area contributed by atoms with Crippen LogP contribution in [0.15, 0.2) is 121 Å². The summed E-state index contributed by atoms with van der Waals surface area (Å²) in [5.41, 5.74) is 6.85. The van der Waals surface area contributed by atoms with Crippen LogP contribution in [-0.2, 0) is 9.59 Å². The summed E-state index contributed by atoms with van der Waals surface area (Å²) in [4.78, 5) is 28.4. The topological polar surface area (TPSA) is 54.3 Å². The highest BCUT2D eigenvalue weighted by molar-refractivity contribution is 7.80. The SMILES string of the molecule is Cc1ccc(N2C(=O)/C(=C/c3cc(-c4ccccc4)n(-c4ccc(Cl)cc4)c3-c3ccccc3)C(=O)NC2=S)cc1. The molecule has 1 N–H and O–H groups in total. The van der Waals surface area contributed by atoms with Gasteiger partial charge in [0.25, 0.3) is 11.8 Å². The van der Waals surface area contributed by atoms with Gasteiger partial charge >= 0.3 is 0 Å². The molecule has 5 nitrogen and oxygen atoms in total. The van der Waals surface area contributed by atoms with Crippen LogP contribution in [0.2, 0.25) is 5.02 Å². The minimum atomic E-state index is -0.539. The number of anilines is 1. The van der Waals surface area contributed by atoms with Crippen molar-refractivity contribution in [2.75, 3.05) is 4.90 Å². The first-order valence-electron chi connectivity index (χ1n) is 13.0. The predicted octanol–water partition coefficient (Wildman–Crippen LogP) is 7.60. The number of aromatic nitrogens is 1. The highest BCUT2D eigenvalue weighted by Gasteiger charge is 2.35. The van der Waals surface area contributed by atoms with Crippen molar-refractivity contribution < 1.29 is 9.59 Å². The largest absolute Gasteiger partial charge is 0.309 e. The Labute approximate surface area is 248 Å². The summed E-state index contributed by atoms with van der Waals surface area (Å²) >= 11 is 11.7. The average molecular weight is 574 g/mol. The molecule has 1 saturated heterocycles. The van der Waals surface area contributed by atoms with Gasteiger partial charge in [-0.05, 0) is 78.8 Å². The van der Waals surface area contributed by atoms with Crippen LogP contribution in [0.3, 0.4) is 0 Å². The molecule has 0 spiro atoms. The zero-order valence-electron chi connectivity index (χ0n) is 22.0. The Morgan fingerprint density at radius 1 is 0.756 bits per heavy atom. The second-order valence-electron chi connectivity index (χ2n) is 9.67. The number of amides is 2. The number of rotatable bonds is 5. The maximum atomic E-state index is 13.8. The molecule has 2 heterocycles.